The molecule has 0 heterocycles. The third-order valence-electron chi connectivity index (χ3n) is 3.62. The van der Waals surface area contributed by atoms with Crippen LogP contribution < -0.4 is 10.1 Å². The number of esters is 1. The molecular formula is C17H21NO3. The first kappa shape index (κ1) is 15.3. The number of carbonyl (C=O) groups excluding carboxylic acids is 1. The average molecular weight is 287 g/mol. The van der Waals surface area contributed by atoms with E-state index in [4.69, 9.17) is 9.47 Å². The van der Waals surface area contributed by atoms with Gasteiger partial charge in [0, 0.05) is 12.1 Å². The molecule has 4 nitrogen and oxygen atoms in total. The van der Waals surface area contributed by atoms with Crippen LogP contribution >= 0.6 is 0 Å². The number of ether oxygens (including phenoxy) is 2. The van der Waals surface area contributed by atoms with Crippen molar-refractivity contribution < 1.29 is 14.3 Å². The van der Waals surface area contributed by atoms with Crippen molar-refractivity contribution in [3.8, 4) is 5.75 Å². The second-order valence-electron chi connectivity index (χ2n) is 5.44. The van der Waals surface area contributed by atoms with Crippen LogP contribution in [0.4, 0.5) is 0 Å². The lowest BCUT2D eigenvalue weighted by Gasteiger charge is -2.24. The summed E-state index contributed by atoms with van der Waals surface area (Å²) in [4.78, 5) is 11.8. The molecule has 1 N–H and O–H groups in total. The average Bonchev–Trinajstić information content (AvgIpc) is 2.51. The smallest absolute Gasteiger partial charge is 0.325 e. The zero-order valence-electron chi connectivity index (χ0n) is 12.9. The Balaban J connectivity index is 2.35. The molecule has 2 aromatic carbocycles. The van der Waals surface area contributed by atoms with Crippen LogP contribution in [0.5, 0.6) is 5.75 Å². The quantitative estimate of drug-likeness (QED) is 0.859. The summed E-state index contributed by atoms with van der Waals surface area (Å²) in [6, 6.07) is 12.1. The first-order valence-electron chi connectivity index (χ1n) is 6.87. The number of methoxy groups -OCH3 is 2. The van der Waals surface area contributed by atoms with E-state index in [0.717, 1.165) is 22.1 Å². The zero-order valence-corrected chi connectivity index (χ0v) is 12.9. The molecule has 4 heteroatoms. The van der Waals surface area contributed by atoms with Crippen LogP contribution in [0.1, 0.15) is 19.4 Å². The van der Waals surface area contributed by atoms with Gasteiger partial charge in [0.2, 0.25) is 0 Å². The molecule has 0 fully saturated rings. The summed E-state index contributed by atoms with van der Waals surface area (Å²) in [5, 5.41) is 5.50. The summed E-state index contributed by atoms with van der Waals surface area (Å²) >= 11 is 0. The molecule has 0 saturated carbocycles. The molecule has 0 radical (unpaired) electrons. The summed E-state index contributed by atoms with van der Waals surface area (Å²) < 4.78 is 10.3. The van der Waals surface area contributed by atoms with Gasteiger partial charge >= 0.3 is 5.97 Å². The molecule has 0 aliphatic carbocycles. The normalized spacial score (nSPS) is 11.4. The minimum atomic E-state index is -0.753. The van der Waals surface area contributed by atoms with Crippen LogP contribution in [0, 0.1) is 0 Å². The SMILES string of the molecule is COC(=O)C(C)(C)NCc1c(OC)ccc2ccccc12. The van der Waals surface area contributed by atoms with Crippen molar-refractivity contribution in [1.82, 2.24) is 5.32 Å². The van der Waals surface area contributed by atoms with Crippen LogP contribution in [0.3, 0.4) is 0 Å². The molecule has 0 unspecified atom stereocenters. The second-order valence-corrected chi connectivity index (χ2v) is 5.44. The second kappa shape index (κ2) is 6.14. The lowest BCUT2D eigenvalue weighted by molar-refractivity contribution is -0.147. The Morgan fingerprint density at radius 3 is 2.52 bits per heavy atom. The molecule has 0 saturated heterocycles. The number of carbonyl (C=O) groups is 1. The van der Waals surface area contributed by atoms with Crippen molar-refractivity contribution in [1.29, 1.82) is 0 Å². The van der Waals surface area contributed by atoms with Crippen molar-refractivity contribution in [3.05, 3.63) is 42.0 Å². The van der Waals surface area contributed by atoms with Gasteiger partial charge in [-0.25, -0.2) is 0 Å². The predicted molar refractivity (Wildman–Crippen MR) is 83.4 cm³/mol. The van der Waals surface area contributed by atoms with Gasteiger partial charge in [0.25, 0.3) is 0 Å². The van der Waals surface area contributed by atoms with E-state index in [-0.39, 0.29) is 5.97 Å². The summed E-state index contributed by atoms with van der Waals surface area (Å²) in [5.41, 5.74) is 0.282. The third kappa shape index (κ3) is 3.16. The molecule has 0 aliphatic heterocycles. The van der Waals surface area contributed by atoms with Crippen LogP contribution in [0.15, 0.2) is 36.4 Å². The van der Waals surface area contributed by atoms with Crippen molar-refractivity contribution in [2.24, 2.45) is 0 Å². The predicted octanol–water partition coefficient (Wildman–Crippen LogP) is 2.89. The first-order valence-corrected chi connectivity index (χ1v) is 6.87. The van der Waals surface area contributed by atoms with Crippen molar-refractivity contribution in [3.63, 3.8) is 0 Å². The molecule has 0 atom stereocenters. The number of nitrogens with one attached hydrogen (secondary N) is 1. The molecule has 0 aromatic heterocycles. The Morgan fingerprint density at radius 2 is 1.86 bits per heavy atom. The first-order chi connectivity index (χ1) is 9.99. The summed E-state index contributed by atoms with van der Waals surface area (Å²) in [6.07, 6.45) is 0. The van der Waals surface area contributed by atoms with Crippen molar-refractivity contribution in [2.45, 2.75) is 25.9 Å². The van der Waals surface area contributed by atoms with Crippen LogP contribution in [0.2, 0.25) is 0 Å². The number of fused-ring (bicyclic) bond motifs is 1. The molecule has 0 spiro atoms. The van der Waals surface area contributed by atoms with Crippen molar-refractivity contribution >= 4 is 16.7 Å². The van der Waals surface area contributed by atoms with E-state index < -0.39 is 5.54 Å². The van der Waals surface area contributed by atoms with E-state index in [1.807, 2.05) is 24.3 Å². The van der Waals surface area contributed by atoms with Crippen LogP contribution in [-0.2, 0) is 16.1 Å². The lowest BCUT2D eigenvalue weighted by Crippen LogP contribution is -2.47. The Bertz CT molecular complexity index is 650. The van der Waals surface area contributed by atoms with Gasteiger partial charge in [-0.1, -0.05) is 30.3 Å². The topological polar surface area (TPSA) is 47.6 Å². The lowest BCUT2D eigenvalue weighted by atomic mass is 10.0. The molecule has 0 aliphatic rings. The van der Waals surface area contributed by atoms with Crippen LogP contribution in [-0.4, -0.2) is 25.7 Å². The van der Waals surface area contributed by atoms with Gasteiger partial charge in [-0.15, -0.1) is 0 Å². The summed E-state index contributed by atoms with van der Waals surface area (Å²) in [5.74, 6) is 0.517. The maximum Gasteiger partial charge on any atom is 0.325 e. The van der Waals surface area contributed by atoms with E-state index in [1.165, 1.54) is 7.11 Å². The fraction of sp³-hybridized carbons (Fsp3) is 0.353. The number of benzene rings is 2. The monoisotopic (exact) mass is 287 g/mol. The van der Waals surface area contributed by atoms with Gasteiger partial charge in [0.05, 0.1) is 14.2 Å². The highest BCUT2D eigenvalue weighted by Crippen LogP contribution is 2.28. The van der Waals surface area contributed by atoms with Crippen molar-refractivity contribution in [2.75, 3.05) is 14.2 Å². The maximum atomic E-state index is 11.8. The van der Waals surface area contributed by atoms with Crippen LogP contribution in [0.25, 0.3) is 10.8 Å². The highest BCUT2D eigenvalue weighted by molar-refractivity contribution is 5.88. The Kier molecular flexibility index (Phi) is 4.48. The molecular weight excluding hydrogens is 266 g/mol. The summed E-state index contributed by atoms with van der Waals surface area (Å²) in [6.45, 7) is 4.12. The number of hydrogen-bond donors (Lipinski definition) is 1. The molecule has 2 aromatic rings. The molecule has 0 bridgehead atoms. The van der Waals surface area contributed by atoms with E-state index >= 15 is 0 Å². The molecule has 112 valence electrons. The fourth-order valence-corrected chi connectivity index (χ4v) is 2.33. The minimum Gasteiger partial charge on any atom is -0.496 e. The van der Waals surface area contributed by atoms with Gasteiger partial charge < -0.3 is 9.47 Å². The third-order valence-corrected chi connectivity index (χ3v) is 3.62. The number of rotatable bonds is 5. The molecule has 0 amide bonds. The highest BCUT2D eigenvalue weighted by Gasteiger charge is 2.28. The van der Waals surface area contributed by atoms with E-state index in [0.29, 0.717) is 6.54 Å². The number of hydrogen-bond acceptors (Lipinski definition) is 4. The molecule has 21 heavy (non-hydrogen) atoms. The standard InChI is InChI=1S/C17H21NO3/c1-17(2,16(19)21-4)18-11-14-13-8-6-5-7-12(13)9-10-15(14)20-3/h5-10,18H,11H2,1-4H3. The maximum absolute atomic E-state index is 11.8. The largest absolute Gasteiger partial charge is 0.496 e. The molecule has 2 rings (SSSR count). The van der Waals surface area contributed by atoms with Gasteiger partial charge in [0.1, 0.15) is 11.3 Å². The van der Waals surface area contributed by atoms with E-state index in [1.54, 1.807) is 21.0 Å². The van der Waals surface area contributed by atoms with Gasteiger partial charge in [0.15, 0.2) is 0 Å². The minimum absolute atomic E-state index is 0.290. The van der Waals surface area contributed by atoms with Gasteiger partial charge in [-0.05, 0) is 30.7 Å². The zero-order chi connectivity index (χ0) is 15.5. The van der Waals surface area contributed by atoms with E-state index in [2.05, 4.69) is 17.4 Å². The summed E-state index contributed by atoms with van der Waals surface area (Å²) in [7, 11) is 3.04. The van der Waals surface area contributed by atoms with Gasteiger partial charge in [-0.2, -0.15) is 0 Å². The Hall–Kier alpha value is -2.07. The van der Waals surface area contributed by atoms with E-state index in [9.17, 15) is 4.79 Å². The van der Waals surface area contributed by atoms with Gasteiger partial charge in [-0.3, -0.25) is 10.1 Å². The highest BCUT2D eigenvalue weighted by atomic mass is 16.5. The Labute approximate surface area is 125 Å². The Morgan fingerprint density at radius 1 is 1.14 bits per heavy atom. The fourth-order valence-electron chi connectivity index (χ4n) is 2.33.